The van der Waals surface area contributed by atoms with Crippen LogP contribution in [0.25, 0.3) is 0 Å². The Labute approximate surface area is 133 Å². The number of carbonyl (C=O) groups is 1. The van der Waals surface area contributed by atoms with Crippen LogP contribution in [0.5, 0.6) is 0 Å². The zero-order valence-corrected chi connectivity index (χ0v) is 13.7. The van der Waals surface area contributed by atoms with Crippen molar-refractivity contribution in [2.24, 2.45) is 11.8 Å². The third-order valence-electron chi connectivity index (χ3n) is 5.32. The average Bonchev–Trinajstić information content (AvgIpc) is 2.56. The number of piperidine rings is 1. The zero-order chi connectivity index (χ0) is 15.4. The van der Waals surface area contributed by atoms with Crippen molar-refractivity contribution < 1.29 is 4.79 Å². The van der Waals surface area contributed by atoms with Gasteiger partial charge in [0, 0.05) is 12.1 Å². The maximum absolute atomic E-state index is 12.4. The van der Waals surface area contributed by atoms with Gasteiger partial charge in [-0.15, -0.1) is 0 Å². The fourth-order valence-electron chi connectivity index (χ4n) is 3.92. The van der Waals surface area contributed by atoms with Crippen molar-refractivity contribution in [1.82, 2.24) is 5.32 Å². The molecule has 120 valence electrons. The smallest absolute Gasteiger partial charge is 0.224 e. The van der Waals surface area contributed by atoms with Crippen LogP contribution in [0, 0.1) is 11.8 Å². The number of fused-ring (bicyclic) bond motifs is 1. The summed E-state index contributed by atoms with van der Waals surface area (Å²) in [6, 6.07) is 6.35. The summed E-state index contributed by atoms with van der Waals surface area (Å²) in [4.78, 5) is 12.4. The number of aryl methyl sites for hydroxylation is 1. The molecule has 1 aromatic carbocycles. The predicted molar refractivity (Wildman–Crippen MR) is 91.1 cm³/mol. The van der Waals surface area contributed by atoms with Gasteiger partial charge in [-0.25, -0.2) is 0 Å². The lowest BCUT2D eigenvalue weighted by Crippen LogP contribution is -2.34. The third-order valence-corrected chi connectivity index (χ3v) is 5.32. The van der Waals surface area contributed by atoms with E-state index in [4.69, 9.17) is 0 Å². The lowest BCUT2D eigenvalue weighted by atomic mass is 9.85. The van der Waals surface area contributed by atoms with Crippen molar-refractivity contribution >= 4 is 11.6 Å². The first-order valence-electron chi connectivity index (χ1n) is 8.85. The van der Waals surface area contributed by atoms with Crippen molar-refractivity contribution in [1.29, 1.82) is 0 Å². The quantitative estimate of drug-likeness (QED) is 0.893. The van der Waals surface area contributed by atoms with Gasteiger partial charge in [-0.1, -0.05) is 19.1 Å². The lowest BCUT2D eigenvalue weighted by Gasteiger charge is -2.28. The van der Waals surface area contributed by atoms with Gasteiger partial charge in [0.1, 0.15) is 0 Å². The average molecular weight is 300 g/mol. The molecule has 1 aromatic rings. The SMILES string of the molecule is CC(CC(=O)Nc1cccc2c1CCCC2)C1CCCNC1. The van der Waals surface area contributed by atoms with E-state index < -0.39 is 0 Å². The lowest BCUT2D eigenvalue weighted by molar-refractivity contribution is -0.117. The molecule has 3 rings (SSSR count). The summed E-state index contributed by atoms with van der Waals surface area (Å²) >= 11 is 0. The van der Waals surface area contributed by atoms with E-state index in [2.05, 4.69) is 35.8 Å². The van der Waals surface area contributed by atoms with Crippen LogP contribution < -0.4 is 10.6 Å². The minimum Gasteiger partial charge on any atom is -0.326 e. The molecule has 2 N–H and O–H groups in total. The number of anilines is 1. The normalized spacial score (nSPS) is 22.7. The summed E-state index contributed by atoms with van der Waals surface area (Å²) in [5.41, 5.74) is 3.85. The Hall–Kier alpha value is -1.35. The molecule has 3 heteroatoms. The van der Waals surface area contributed by atoms with Gasteiger partial charge >= 0.3 is 0 Å². The standard InChI is InChI=1S/C19H28N2O/c1-14(16-8-5-11-20-13-16)12-19(22)21-18-10-4-7-15-6-2-3-9-17(15)18/h4,7,10,14,16,20H,2-3,5-6,8-9,11-13H2,1H3,(H,21,22). The summed E-state index contributed by atoms with van der Waals surface area (Å²) in [7, 11) is 0. The second-order valence-electron chi connectivity index (χ2n) is 6.99. The largest absolute Gasteiger partial charge is 0.326 e. The maximum atomic E-state index is 12.4. The van der Waals surface area contributed by atoms with Crippen molar-refractivity contribution in [2.75, 3.05) is 18.4 Å². The number of hydrogen-bond acceptors (Lipinski definition) is 2. The van der Waals surface area contributed by atoms with E-state index in [0.717, 1.165) is 31.6 Å². The molecule has 0 spiro atoms. The minimum absolute atomic E-state index is 0.178. The van der Waals surface area contributed by atoms with Gasteiger partial charge in [0.15, 0.2) is 0 Å². The summed E-state index contributed by atoms with van der Waals surface area (Å²) in [6.45, 7) is 4.42. The molecule has 22 heavy (non-hydrogen) atoms. The number of nitrogens with one attached hydrogen (secondary N) is 2. The first-order chi connectivity index (χ1) is 10.7. The molecule has 1 amide bonds. The van der Waals surface area contributed by atoms with E-state index in [1.54, 1.807) is 0 Å². The second kappa shape index (κ2) is 7.28. The van der Waals surface area contributed by atoms with Crippen molar-refractivity contribution in [2.45, 2.75) is 51.9 Å². The molecular formula is C19H28N2O. The number of benzene rings is 1. The van der Waals surface area contributed by atoms with E-state index in [1.807, 2.05) is 0 Å². The highest BCUT2D eigenvalue weighted by molar-refractivity contribution is 5.91. The van der Waals surface area contributed by atoms with Crippen LogP contribution in [-0.2, 0) is 17.6 Å². The number of rotatable bonds is 4. The molecule has 3 nitrogen and oxygen atoms in total. The van der Waals surface area contributed by atoms with Gasteiger partial charge in [-0.3, -0.25) is 4.79 Å². The van der Waals surface area contributed by atoms with Crippen LogP contribution in [0.1, 0.15) is 50.2 Å². The fourth-order valence-corrected chi connectivity index (χ4v) is 3.92. The van der Waals surface area contributed by atoms with Crippen molar-refractivity contribution in [3.05, 3.63) is 29.3 Å². The van der Waals surface area contributed by atoms with Crippen LogP contribution in [0.2, 0.25) is 0 Å². The Morgan fingerprint density at radius 1 is 1.32 bits per heavy atom. The molecule has 2 aliphatic rings. The highest BCUT2D eigenvalue weighted by Crippen LogP contribution is 2.29. The summed E-state index contributed by atoms with van der Waals surface area (Å²) in [6.07, 6.45) is 7.90. The monoisotopic (exact) mass is 300 g/mol. The topological polar surface area (TPSA) is 41.1 Å². The Morgan fingerprint density at radius 2 is 2.18 bits per heavy atom. The highest BCUT2D eigenvalue weighted by atomic mass is 16.1. The summed E-state index contributed by atoms with van der Waals surface area (Å²) in [5, 5.41) is 6.63. The third kappa shape index (κ3) is 3.70. The molecule has 0 bridgehead atoms. The fraction of sp³-hybridized carbons (Fsp3) is 0.632. The van der Waals surface area contributed by atoms with Crippen LogP contribution in [0.15, 0.2) is 18.2 Å². The van der Waals surface area contributed by atoms with Crippen LogP contribution >= 0.6 is 0 Å². The summed E-state index contributed by atoms with van der Waals surface area (Å²) < 4.78 is 0. The maximum Gasteiger partial charge on any atom is 0.224 e. The molecule has 1 saturated heterocycles. The molecule has 2 atom stereocenters. The van der Waals surface area contributed by atoms with Gasteiger partial charge in [-0.05, 0) is 80.6 Å². The summed E-state index contributed by atoms with van der Waals surface area (Å²) in [5.74, 6) is 1.27. The Kier molecular flexibility index (Phi) is 5.14. The Morgan fingerprint density at radius 3 is 3.00 bits per heavy atom. The number of carbonyl (C=O) groups excluding carboxylic acids is 1. The highest BCUT2D eigenvalue weighted by Gasteiger charge is 2.22. The molecule has 1 aliphatic carbocycles. The second-order valence-corrected chi connectivity index (χ2v) is 6.99. The Bertz CT molecular complexity index is 520. The van der Waals surface area contributed by atoms with Crippen molar-refractivity contribution in [3.8, 4) is 0 Å². The van der Waals surface area contributed by atoms with E-state index in [9.17, 15) is 4.79 Å². The van der Waals surface area contributed by atoms with E-state index in [-0.39, 0.29) is 5.91 Å². The molecular weight excluding hydrogens is 272 g/mol. The molecule has 0 radical (unpaired) electrons. The van der Waals surface area contributed by atoms with E-state index >= 15 is 0 Å². The zero-order valence-electron chi connectivity index (χ0n) is 13.7. The molecule has 1 fully saturated rings. The first-order valence-corrected chi connectivity index (χ1v) is 8.85. The molecule has 1 heterocycles. The van der Waals surface area contributed by atoms with Gasteiger partial charge in [0.05, 0.1) is 0 Å². The molecule has 0 saturated carbocycles. The van der Waals surface area contributed by atoms with Gasteiger partial charge in [0.25, 0.3) is 0 Å². The number of hydrogen-bond donors (Lipinski definition) is 2. The first kappa shape index (κ1) is 15.5. The van der Waals surface area contributed by atoms with Crippen molar-refractivity contribution in [3.63, 3.8) is 0 Å². The number of amides is 1. The van der Waals surface area contributed by atoms with Gasteiger partial charge < -0.3 is 10.6 Å². The molecule has 0 aromatic heterocycles. The van der Waals surface area contributed by atoms with E-state index in [1.165, 1.54) is 36.8 Å². The molecule has 2 unspecified atom stereocenters. The predicted octanol–water partition coefficient (Wildman–Crippen LogP) is 3.53. The minimum atomic E-state index is 0.178. The van der Waals surface area contributed by atoms with E-state index in [0.29, 0.717) is 18.3 Å². The molecule has 1 aliphatic heterocycles. The van der Waals surface area contributed by atoms with Crippen LogP contribution in [0.3, 0.4) is 0 Å². The van der Waals surface area contributed by atoms with Crippen LogP contribution in [-0.4, -0.2) is 19.0 Å². The van der Waals surface area contributed by atoms with Gasteiger partial charge in [0.2, 0.25) is 5.91 Å². The van der Waals surface area contributed by atoms with Gasteiger partial charge in [-0.2, -0.15) is 0 Å². The van der Waals surface area contributed by atoms with Crippen LogP contribution in [0.4, 0.5) is 5.69 Å². The Balaban J connectivity index is 1.59.